The van der Waals surface area contributed by atoms with Gasteiger partial charge < -0.3 is 19.8 Å². The Morgan fingerprint density at radius 1 is 0.943 bits per heavy atom. The number of hydrogen-bond donors (Lipinski definition) is 2. The summed E-state index contributed by atoms with van der Waals surface area (Å²) in [6.45, 7) is 8.97. The molecule has 0 saturated heterocycles. The van der Waals surface area contributed by atoms with Crippen LogP contribution in [0.4, 0.5) is 11.4 Å². The van der Waals surface area contributed by atoms with Crippen LogP contribution in [0.25, 0.3) is 22.8 Å². The molecule has 0 saturated carbocycles. The highest BCUT2D eigenvalue weighted by Crippen LogP contribution is 2.32. The van der Waals surface area contributed by atoms with Crippen LogP contribution in [0.15, 0.2) is 77.2 Å². The Bertz CT molecular complexity index is 1300. The Morgan fingerprint density at radius 3 is 2.26 bits per heavy atom. The highest BCUT2D eigenvalue weighted by atomic mass is 16.5. The number of carbonyl (C=O) groups excluding carboxylic acids is 1. The molecule has 0 aliphatic rings. The molecular formula is C29H31N3O3. The normalized spacial score (nSPS) is 11.2. The molecule has 2 N–H and O–H groups in total. The number of anilines is 2. The van der Waals surface area contributed by atoms with Crippen molar-refractivity contribution in [1.82, 2.24) is 4.98 Å². The first-order valence-electron chi connectivity index (χ1n) is 11.7. The second kappa shape index (κ2) is 10.1. The van der Waals surface area contributed by atoms with Crippen molar-refractivity contribution in [3.63, 3.8) is 0 Å². The largest absolute Gasteiger partial charge is 0.494 e. The second-order valence-electron chi connectivity index (χ2n) is 9.27. The Kier molecular flexibility index (Phi) is 6.92. The third kappa shape index (κ3) is 5.54. The van der Waals surface area contributed by atoms with Gasteiger partial charge in [-0.15, -0.1) is 0 Å². The fourth-order valence-electron chi connectivity index (χ4n) is 3.71. The zero-order chi connectivity index (χ0) is 25.0. The Balaban J connectivity index is 1.72. The van der Waals surface area contributed by atoms with E-state index < -0.39 is 0 Å². The fourth-order valence-corrected chi connectivity index (χ4v) is 3.71. The van der Waals surface area contributed by atoms with Crippen molar-refractivity contribution in [2.75, 3.05) is 24.3 Å². The van der Waals surface area contributed by atoms with Gasteiger partial charge in [-0.3, -0.25) is 4.79 Å². The van der Waals surface area contributed by atoms with Gasteiger partial charge in [-0.2, -0.15) is 0 Å². The molecule has 180 valence electrons. The third-order valence-corrected chi connectivity index (χ3v) is 5.68. The molecule has 4 aromatic rings. The van der Waals surface area contributed by atoms with Crippen LogP contribution in [0.5, 0.6) is 5.75 Å². The molecule has 3 aromatic carbocycles. The molecular weight excluding hydrogens is 438 g/mol. The summed E-state index contributed by atoms with van der Waals surface area (Å²) >= 11 is 0. The van der Waals surface area contributed by atoms with E-state index in [-0.39, 0.29) is 17.0 Å². The molecule has 1 heterocycles. The van der Waals surface area contributed by atoms with Crippen molar-refractivity contribution in [1.29, 1.82) is 0 Å². The Hall–Kier alpha value is -4.06. The molecule has 6 heteroatoms. The Labute approximate surface area is 206 Å². The quantitative estimate of drug-likeness (QED) is 0.305. The molecule has 4 rings (SSSR count). The van der Waals surface area contributed by atoms with Crippen molar-refractivity contribution >= 4 is 17.3 Å². The zero-order valence-corrected chi connectivity index (χ0v) is 20.8. The Morgan fingerprint density at radius 2 is 1.63 bits per heavy atom. The molecule has 0 bridgehead atoms. The van der Waals surface area contributed by atoms with Crippen LogP contribution < -0.4 is 15.4 Å². The smallest absolute Gasteiger partial charge is 0.278 e. The molecule has 0 fully saturated rings. The highest BCUT2D eigenvalue weighted by Gasteiger charge is 2.23. The van der Waals surface area contributed by atoms with Gasteiger partial charge in [0, 0.05) is 35.6 Å². The van der Waals surface area contributed by atoms with Gasteiger partial charge in [0.1, 0.15) is 5.75 Å². The van der Waals surface area contributed by atoms with Gasteiger partial charge >= 0.3 is 0 Å². The summed E-state index contributed by atoms with van der Waals surface area (Å²) in [7, 11) is 1.86. The highest BCUT2D eigenvalue weighted by molar-refractivity contribution is 6.07. The predicted octanol–water partition coefficient (Wildman–Crippen LogP) is 7.00. The van der Waals surface area contributed by atoms with Gasteiger partial charge in [-0.1, -0.05) is 39.0 Å². The third-order valence-electron chi connectivity index (χ3n) is 5.68. The number of nitrogens with one attached hydrogen (secondary N) is 2. The maximum absolute atomic E-state index is 13.3. The number of amides is 1. The van der Waals surface area contributed by atoms with E-state index in [4.69, 9.17) is 9.15 Å². The number of nitrogens with zero attached hydrogens (tertiary/aromatic N) is 1. The summed E-state index contributed by atoms with van der Waals surface area (Å²) < 4.78 is 11.7. The van der Waals surface area contributed by atoms with Crippen molar-refractivity contribution in [2.45, 2.75) is 33.1 Å². The van der Waals surface area contributed by atoms with Gasteiger partial charge in [-0.25, -0.2) is 4.98 Å². The number of carbonyl (C=O) groups is 1. The van der Waals surface area contributed by atoms with Crippen molar-refractivity contribution in [3.8, 4) is 28.5 Å². The van der Waals surface area contributed by atoms with Gasteiger partial charge in [-0.05, 0) is 66.4 Å². The molecule has 0 spiro atoms. The maximum Gasteiger partial charge on any atom is 0.278 e. The molecule has 6 nitrogen and oxygen atoms in total. The van der Waals surface area contributed by atoms with Crippen molar-refractivity contribution in [3.05, 3.63) is 84.1 Å². The fraction of sp³-hybridized carbons (Fsp3) is 0.241. The van der Waals surface area contributed by atoms with Crippen molar-refractivity contribution in [2.24, 2.45) is 0 Å². The minimum absolute atomic E-state index is 0.0381. The van der Waals surface area contributed by atoms with E-state index in [1.807, 2.05) is 68.6 Å². The number of aromatic nitrogens is 1. The predicted molar refractivity (Wildman–Crippen MR) is 141 cm³/mol. The van der Waals surface area contributed by atoms with Crippen LogP contribution >= 0.6 is 0 Å². The average molecular weight is 470 g/mol. The number of hydrogen-bond acceptors (Lipinski definition) is 5. The molecule has 35 heavy (non-hydrogen) atoms. The lowest BCUT2D eigenvalue weighted by Crippen LogP contribution is -2.13. The summed E-state index contributed by atoms with van der Waals surface area (Å²) in [5.41, 5.74) is 4.63. The number of oxazole rings is 1. The standard InChI is InChI=1S/C29H31N3O3/c1-6-34-24-9-7-8-23(18-24)31-27(33)25-26(19-12-16-22(30-5)17-13-19)35-28(32-25)20-10-14-21(15-11-20)29(2,3)4/h7-18,30H,6H2,1-5H3,(H,31,33). The van der Waals surface area contributed by atoms with Gasteiger partial charge in [0.05, 0.1) is 6.61 Å². The molecule has 1 aromatic heterocycles. The van der Waals surface area contributed by atoms with Crippen molar-refractivity contribution < 1.29 is 13.9 Å². The van der Waals surface area contributed by atoms with E-state index in [1.54, 1.807) is 6.07 Å². The lowest BCUT2D eigenvalue weighted by Gasteiger charge is -2.18. The van der Waals surface area contributed by atoms with E-state index in [9.17, 15) is 4.79 Å². The number of ether oxygens (including phenoxy) is 1. The van der Waals surface area contributed by atoms with E-state index in [2.05, 4.69) is 48.5 Å². The van der Waals surface area contributed by atoms with Crippen LogP contribution in [-0.4, -0.2) is 24.5 Å². The van der Waals surface area contributed by atoms with Crippen LogP contribution in [-0.2, 0) is 5.41 Å². The molecule has 0 atom stereocenters. The number of benzene rings is 3. The van der Waals surface area contributed by atoms with Crippen LogP contribution in [0.2, 0.25) is 0 Å². The molecule has 0 aliphatic heterocycles. The lowest BCUT2D eigenvalue weighted by molar-refractivity contribution is 0.102. The SMILES string of the molecule is CCOc1cccc(NC(=O)c2nc(-c3ccc(C(C)(C)C)cc3)oc2-c2ccc(NC)cc2)c1. The van der Waals surface area contributed by atoms with E-state index in [1.165, 1.54) is 5.56 Å². The van der Waals surface area contributed by atoms with Gasteiger partial charge in [0.2, 0.25) is 5.89 Å². The molecule has 0 radical (unpaired) electrons. The summed E-state index contributed by atoms with van der Waals surface area (Å²) in [6, 6.07) is 23.1. The van der Waals surface area contributed by atoms with Crippen LogP contribution in [0.1, 0.15) is 43.7 Å². The van der Waals surface area contributed by atoms with Gasteiger partial charge in [0.25, 0.3) is 5.91 Å². The minimum atomic E-state index is -0.354. The second-order valence-corrected chi connectivity index (χ2v) is 9.27. The lowest BCUT2D eigenvalue weighted by atomic mass is 9.87. The monoisotopic (exact) mass is 469 g/mol. The van der Waals surface area contributed by atoms with E-state index in [0.29, 0.717) is 29.7 Å². The van der Waals surface area contributed by atoms with Crippen LogP contribution in [0.3, 0.4) is 0 Å². The minimum Gasteiger partial charge on any atom is -0.494 e. The summed E-state index contributed by atoms with van der Waals surface area (Å²) in [4.78, 5) is 18.0. The summed E-state index contributed by atoms with van der Waals surface area (Å²) in [6.07, 6.45) is 0. The van der Waals surface area contributed by atoms with Gasteiger partial charge in [0.15, 0.2) is 11.5 Å². The topological polar surface area (TPSA) is 76.4 Å². The number of rotatable bonds is 7. The van der Waals surface area contributed by atoms with E-state index in [0.717, 1.165) is 16.8 Å². The first-order chi connectivity index (χ1) is 16.8. The van der Waals surface area contributed by atoms with E-state index >= 15 is 0 Å². The zero-order valence-electron chi connectivity index (χ0n) is 20.8. The average Bonchev–Trinajstić information content (AvgIpc) is 3.30. The first kappa shape index (κ1) is 24.1. The molecule has 1 amide bonds. The first-order valence-corrected chi connectivity index (χ1v) is 11.7. The van der Waals surface area contributed by atoms with Crippen LogP contribution in [0, 0.1) is 0 Å². The molecule has 0 aliphatic carbocycles. The molecule has 0 unspecified atom stereocenters. The summed E-state index contributed by atoms with van der Waals surface area (Å²) in [5, 5.41) is 6.03. The maximum atomic E-state index is 13.3. The summed E-state index contributed by atoms with van der Waals surface area (Å²) in [5.74, 6) is 1.15.